The van der Waals surface area contributed by atoms with Crippen molar-refractivity contribution in [3.63, 3.8) is 0 Å². The van der Waals surface area contributed by atoms with Gasteiger partial charge in [0.05, 0.1) is 0 Å². The first kappa shape index (κ1) is 8.86. The number of rotatable bonds is 1. The lowest BCUT2D eigenvalue weighted by Gasteiger charge is -2.00. The van der Waals surface area contributed by atoms with E-state index in [0.29, 0.717) is 5.88 Å². The minimum absolute atomic E-state index is 0.554. The summed E-state index contributed by atoms with van der Waals surface area (Å²) in [5.41, 5.74) is 1.14. The lowest BCUT2D eigenvalue weighted by atomic mass is 10.1. The summed E-state index contributed by atoms with van der Waals surface area (Å²) >= 11 is 11.6. The van der Waals surface area contributed by atoms with Crippen LogP contribution in [-0.4, -0.2) is 0 Å². The molecular formula is C11H8Cl2. The molecular weight excluding hydrogens is 203 g/mol. The third-order valence-electron chi connectivity index (χ3n) is 2.02. The van der Waals surface area contributed by atoms with Crippen molar-refractivity contribution in [3.8, 4) is 0 Å². The predicted molar refractivity (Wildman–Crippen MR) is 58.5 cm³/mol. The van der Waals surface area contributed by atoms with E-state index in [1.54, 1.807) is 0 Å². The molecule has 0 aliphatic carbocycles. The second-order valence-electron chi connectivity index (χ2n) is 2.96. The van der Waals surface area contributed by atoms with Crippen LogP contribution in [0.15, 0.2) is 36.4 Å². The van der Waals surface area contributed by atoms with Crippen LogP contribution in [0, 0.1) is 0 Å². The monoisotopic (exact) mass is 210 g/mol. The molecule has 0 spiro atoms. The van der Waals surface area contributed by atoms with E-state index >= 15 is 0 Å². The van der Waals surface area contributed by atoms with Crippen LogP contribution in [0.25, 0.3) is 10.8 Å². The second kappa shape index (κ2) is 3.57. The fourth-order valence-electron chi connectivity index (χ4n) is 1.35. The Labute approximate surface area is 87.1 Å². The zero-order chi connectivity index (χ0) is 9.26. The average Bonchev–Trinajstić information content (AvgIpc) is 2.17. The van der Waals surface area contributed by atoms with E-state index < -0.39 is 0 Å². The van der Waals surface area contributed by atoms with Gasteiger partial charge in [-0.1, -0.05) is 29.8 Å². The fourth-order valence-corrected chi connectivity index (χ4v) is 1.70. The molecule has 0 saturated carbocycles. The van der Waals surface area contributed by atoms with Gasteiger partial charge in [-0.05, 0) is 34.5 Å². The zero-order valence-corrected chi connectivity index (χ0v) is 8.44. The van der Waals surface area contributed by atoms with Gasteiger partial charge >= 0.3 is 0 Å². The van der Waals surface area contributed by atoms with Gasteiger partial charge in [0.15, 0.2) is 0 Å². The molecule has 0 N–H and O–H groups in total. The number of hydrogen-bond acceptors (Lipinski definition) is 0. The van der Waals surface area contributed by atoms with E-state index in [1.807, 2.05) is 30.3 Å². The van der Waals surface area contributed by atoms with Crippen LogP contribution in [0.4, 0.5) is 0 Å². The van der Waals surface area contributed by atoms with E-state index in [9.17, 15) is 0 Å². The highest BCUT2D eigenvalue weighted by atomic mass is 35.5. The van der Waals surface area contributed by atoms with Crippen LogP contribution in [0.5, 0.6) is 0 Å². The Morgan fingerprint density at radius 3 is 2.38 bits per heavy atom. The molecule has 0 nitrogen and oxygen atoms in total. The van der Waals surface area contributed by atoms with E-state index in [0.717, 1.165) is 16.0 Å². The van der Waals surface area contributed by atoms with Gasteiger partial charge in [0, 0.05) is 10.9 Å². The third-order valence-corrected chi connectivity index (χ3v) is 2.56. The molecule has 0 saturated heterocycles. The Bertz CT molecular complexity index is 435. The molecule has 0 amide bonds. The summed E-state index contributed by atoms with van der Waals surface area (Å²) in [7, 11) is 0. The largest absolute Gasteiger partial charge is 0.122 e. The van der Waals surface area contributed by atoms with E-state index in [2.05, 4.69) is 6.07 Å². The SMILES string of the molecule is ClCc1ccc2cc(Cl)ccc2c1. The van der Waals surface area contributed by atoms with Crippen molar-refractivity contribution in [2.24, 2.45) is 0 Å². The number of benzene rings is 2. The maximum Gasteiger partial charge on any atom is 0.0474 e. The summed E-state index contributed by atoms with van der Waals surface area (Å²) < 4.78 is 0. The van der Waals surface area contributed by atoms with Crippen molar-refractivity contribution < 1.29 is 0 Å². The van der Waals surface area contributed by atoms with Gasteiger partial charge in [0.2, 0.25) is 0 Å². The first-order valence-electron chi connectivity index (χ1n) is 4.04. The molecule has 2 rings (SSSR count). The highest BCUT2D eigenvalue weighted by Crippen LogP contribution is 2.21. The van der Waals surface area contributed by atoms with Crippen LogP contribution in [-0.2, 0) is 5.88 Å². The molecule has 2 aromatic carbocycles. The van der Waals surface area contributed by atoms with Crippen molar-refractivity contribution in [3.05, 3.63) is 47.0 Å². The molecule has 66 valence electrons. The molecule has 2 heteroatoms. The summed E-state index contributed by atoms with van der Waals surface area (Å²) in [6.45, 7) is 0. The molecule has 2 aromatic rings. The van der Waals surface area contributed by atoms with Crippen molar-refractivity contribution >= 4 is 34.0 Å². The molecule has 0 fully saturated rings. The number of halogens is 2. The van der Waals surface area contributed by atoms with Gasteiger partial charge in [0.25, 0.3) is 0 Å². The van der Waals surface area contributed by atoms with E-state index in [-0.39, 0.29) is 0 Å². The minimum Gasteiger partial charge on any atom is -0.122 e. The topological polar surface area (TPSA) is 0 Å². The maximum atomic E-state index is 5.87. The van der Waals surface area contributed by atoms with Crippen molar-refractivity contribution in [2.45, 2.75) is 5.88 Å². The third kappa shape index (κ3) is 1.79. The molecule has 0 bridgehead atoms. The molecule has 0 atom stereocenters. The van der Waals surface area contributed by atoms with Gasteiger partial charge in [-0.2, -0.15) is 0 Å². The van der Waals surface area contributed by atoms with Crippen LogP contribution in [0.2, 0.25) is 5.02 Å². The number of alkyl halides is 1. The molecule has 0 aliphatic heterocycles. The Morgan fingerprint density at radius 2 is 1.62 bits per heavy atom. The van der Waals surface area contributed by atoms with Gasteiger partial charge < -0.3 is 0 Å². The quantitative estimate of drug-likeness (QED) is 0.619. The standard InChI is InChI=1S/C11H8Cl2/c12-7-8-1-2-10-6-11(13)4-3-9(10)5-8/h1-6H,7H2. The highest BCUT2D eigenvalue weighted by Gasteiger charge is 1.96. The lowest BCUT2D eigenvalue weighted by Crippen LogP contribution is -1.78. The van der Waals surface area contributed by atoms with E-state index in [1.165, 1.54) is 5.39 Å². The molecule has 0 unspecified atom stereocenters. The molecule has 0 radical (unpaired) electrons. The molecule has 13 heavy (non-hydrogen) atoms. The van der Waals surface area contributed by atoms with Crippen LogP contribution in [0.1, 0.15) is 5.56 Å². The molecule has 0 aliphatic rings. The fraction of sp³-hybridized carbons (Fsp3) is 0.0909. The normalized spacial score (nSPS) is 10.6. The van der Waals surface area contributed by atoms with Gasteiger partial charge in [0.1, 0.15) is 0 Å². The van der Waals surface area contributed by atoms with Crippen molar-refractivity contribution in [1.29, 1.82) is 0 Å². The average molecular weight is 211 g/mol. The molecule has 0 heterocycles. The van der Waals surface area contributed by atoms with E-state index in [4.69, 9.17) is 23.2 Å². The Hall–Kier alpha value is -0.720. The Morgan fingerprint density at radius 1 is 0.923 bits per heavy atom. The predicted octanol–water partition coefficient (Wildman–Crippen LogP) is 4.23. The summed E-state index contributed by atoms with van der Waals surface area (Å²) in [4.78, 5) is 0. The van der Waals surface area contributed by atoms with Crippen molar-refractivity contribution in [1.82, 2.24) is 0 Å². The summed E-state index contributed by atoms with van der Waals surface area (Å²) in [6.07, 6.45) is 0. The van der Waals surface area contributed by atoms with Crippen LogP contribution >= 0.6 is 23.2 Å². The smallest absolute Gasteiger partial charge is 0.0474 e. The Balaban J connectivity index is 2.66. The summed E-state index contributed by atoms with van der Waals surface area (Å²) in [5, 5.41) is 3.11. The summed E-state index contributed by atoms with van der Waals surface area (Å²) in [6, 6.07) is 12.0. The maximum absolute atomic E-state index is 5.87. The van der Waals surface area contributed by atoms with Crippen molar-refractivity contribution in [2.75, 3.05) is 0 Å². The highest BCUT2D eigenvalue weighted by molar-refractivity contribution is 6.31. The van der Waals surface area contributed by atoms with Gasteiger partial charge in [-0.15, -0.1) is 11.6 Å². The van der Waals surface area contributed by atoms with Gasteiger partial charge in [-0.25, -0.2) is 0 Å². The second-order valence-corrected chi connectivity index (χ2v) is 3.66. The van der Waals surface area contributed by atoms with Crippen LogP contribution < -0.4 is 0 Å². The number of fused-ring (bicyclic) bond motifs is 1. The number of hydrogen-bond donors (Lipinski definition) is 0. The lowest BCUT2D eigenvalue weighted by molar-refractivity contribution is 1.43. The van der Waals surface area contributed by atoms with Gasteiger partial charge in [-0.3, -0.25) is 0 Å². The minimum atomic E-state index is 0.554. The summed E-state index contributed by atoms with van der Waals surface area (Å²) in [5.74, 6) is 0.554. The Kier molecular flexibility index (Phi) is 2.43. The first-order chi connectivity index (χ1) is 6.29. The first-order valence-corrected chi connectivity index (χ1v) is 4.95. The molecule has 0 aromatic heterocycles. The zero-order valence-electron chi connectivity index (χ0n) is 6.93. The van der Waals surface area contributed by atoms with Crippen LogP contribution in [0.3, 0.4) is 0 Å².